The summed E-state index contributed by atoms with van der Waals surface area (Å²) in [6, 6.07) is 25.8. The molecule has 7 heteroatoms. The summed E-state index contributed by atoms with van der Waals surface area (Å²) in [6.07, 6.45) is 1.55. The molecule has 44 heavy (non-hydrogen) atoms. The fourth-order valence-electron chi connectivity index (χ4n) is 5.41. The minimum Gasteiger partial charge on any atom is -0.413 e. The van der Waals surface area contributed by atoms with Crippen LogP contribution in [0.25, 0.3) is 22.4 Å². The number of nitrogens with zero attached hydrogens (tertiary/aromatic N) is 1. The van der Waals surface area contributed by atoms with E-state index in [1.54, 1.807) is 12.1 Å². The summed E-state index contributed by atoms with van der Waals surface area (Å²) in [5, 5.41) is 3.11. The van der Waals surface area contributed by atoms with Crippen LogP contribution >= 0.6 is 0 Å². The number of halogens is 1. The minimum atomic E-state index is -2.16. The van der Waals surface area contributed by atoms with Crippen molar-refractivity contribution >= 4 is 26.2 Å². The maximum atomic E-state index is 14.3. The molecular weight excluding hydrogens is 568 g/mol. The Labute approximate surface area is 262 Å². The molecule has 0 saturated heterocycles. The van der Waals surface area contributed by atoms with Gasteiger partial charge in [-0.3, -0.25) is 4.79 Å². The lowest BCUT2D eigenvalue weighted by molar-refractivity contribution is -0.109. The van der Waals surface area contributed by atoms with Crippen molar-refractivity contribution in [1.82, 2.24) is 4.57 Å². The number of amides is 1. The van der Waals surface area contributed by atoms with Gasteiger partial charge in [0.25, 0.3) is 5.91 Å². The average molecular weight is 613 g/mol. The smallest absolute Gasteiger partial charge is 0.258 e. The highest BCUT2D eigenvalue weighted by atomic mass is 28.4. The van der Waals surface area contributed by atoms with Crippen LogP contribution in [-0.2, 0) is 15.8 Å². The summed E-state index contributed by atoms with van der Waals surface area (Å²) in [6.45, 7) is 15.7. The van der Waals surface area contributed by atoms with Crippen molar-refractivity contribution < 1.29 is 18.4 Å². The fourth-order valence-corrected chi connectivity index (χ4v) is 6.81. The van der Waals surface area contributed by atoms with Gasteiger partial charge in [-0.15, -0.1) is 0 Å². The lowest BCUT2D eigenvalue weighted by atomic mass is 9.94. The lowest BCUT2D eigenvalue weighted by Gasteiger charge is -2.39. The molecule has 1 atom stereocenters. The molecule has 3 aromatic carbocycles. The van der Waals surface area contributed by atoms with E-state index in [9.17, 15) is 14.0 Å². The summed E-state index contributed by atoms with van der Waals surface area (Å²) in [5.41, 5.74) is 5.52. The fraction of sp³-hybridized carbons (Fsp3) is 0.351. The molecule has 0 bridgehead atoms. The van der Waals surface area contributed by atoms with Gasteiger partial charge in [0.05, 0.1) is 17.4 Å². The first-order chi connectivity index (χ1) is 20.8. The SMILES string of the molecule is CC(C)c1c(C(=O)Nc2ccccc2)c(-c2ccccc2)c(-c2ccc(F)cc2)n1CCC(CC=O)O[Si](C)(C)C(C)(C)C. The van der Waals surface area contributed by atoms with E-state index in [2.05, 4.69) is 57.6 Å². The van der Waals surface area contributed by atoms with Crippen molar-refractivity contribution in [1.29, 1.82) is 0 Å². The number of rotatable bonds is 12. The van der Waals surface area contributed by atoms with Gasteiger partial charge in [-0.25, -0.2) is 4.39 Å². The van der Waals surface area contributed by atoms with Gasteiger partial charge in [-0.05, 0) is 78.0 Å². The molecule has 1 unspecified atom stereocenters. The molecule has 0 aliphatic heterocycles. The van der Waals surface area contributed by atoms with Crippen LogP contribution in [0.3, 0.4) is 0 Å². The van der Waals surface area contributed by atoms with Crippen molar-refractivity contribution in [2.75, 3.05) is 5.32 Å². The zero-order valence-corrected chi connectivity index (χ0v) is 28.0. The molecule has 0 saturated carbocycles. The number of nitrogens with one attached hydrogen (secondary N) is 1. The molecular formula is C37H45FN2O3Si. The van der Waals surface area contributed by atoms with Crippen LogP contribution in [0, 0.1) is 5.82 Å². The Kier molecular flexibility index (Phi) is 10.4. The normalized spacial score (nSPS) is 12.8. The van der Waals surface area contributed by atoms with Crippen molar-refractivity contribution in [2.45, 2.75) is 84.2 Å². The van der Waals surface area contributed by atoms with Crippen LogP contribution in [0.5, 0.6) is 0 Å². The van der Waals surface area contributed by atoms with Gasteiger partial charge in [0, 0.05) is 29.9 Å². The van der Waals surface area contributed by atoms with Crippen LogP contribution < -0.4 is 5.32 Å². The van der Waals surface area contributed by atoms with Crippen LogP contribution in [0.4, 0.5) is 10.1 Å². The Hall–Kier alpha value is -3.81. The summed E-state index contributed by atoms with van der Waals surface area (Å²) < 4.78 is 23.1. The molecule has 1 amide bonds. The number of hydrogen-bond donors (Lipinski definition) is 1. The predicted molar refractivity (Wildman–Crippen MR) is 181 cm³/mol. The second-order valence-corrected chi connectivity index (χ2v) is 17.9. The van der Waals surface area contributed by atoms with Gasteiger partial charge < -0.3 is 19.1 Å². The van der Waals surface area contributed by atoms with Crippen molar-refractivity contribution in [2.24, 2.45) is 0 Å². The minimum absolute atomic E-state index is 0.00682. The second-order valence-electron chi connectivity index (χ2n) is 13.2. The average Bonchev–Trinajstić information content (AvgIpc) is 3.32. The molecule has 1 aromatic heterocycles. The number of benzene rings is 3. The molecule has 1 N–H and O–H groups in total. The first kappa shape index (κ1) is 33.1. The Morgan fingerprint density at radius 3 is 2.07 bits per heavy atom. The first-order valence-electron chi connectivity index (χ1n) is 15.4. The Morgan fingerprint density at radius 1 is 0.932 bits per heavy atom. The van der Waals surface area contributed by atoms with E-state index in [-0.39, 0.29) is 28.8 Å². The molecule has 4 rings (SSSR count). The molecule has 0 fully saturated rings. The molecule has 0 aliphatic rings. The highest BCUT2D eigenvalue weighted by Gasteiger charge is 2.39. The molecule has 1 heterocycles. The van der Waals surface area contributed by atoms with Crippen LogP contribution in [0.15, 0.2) is 84.9 Å². The number of aldehydes is 1. The standard InChI is InChI=1S/C37H45FN2O3Si/c1-26(2)34-33(36(42)39-30-16-12-9-13-17-30)32(27-14-10-8-11-15-27)35(28-18-20-29(38)21-19-28)40(34)24-22-31(23-25-41)43-44(6,7)37(3,4)5/h8-21,25-26,31H,22-24H2,1-7H3,(H,39,42). The number of aromatic nitrogens is 1. The van der Waals surface area contributed by atoms with Gasteiger partial charge in [0.15, 0.2) is 8.32 Å². The molecule has 4 aromatic rings. The molecule has 5 nitrogen and oxygen atoms in total. The third-order valence-electron chi connectivity index (χ3n) is 8.59. The van der Waals surface area contributed by atoms with E-state index in [4.69, 9.17) is 4.43 Å². The maximum absolute atomic E-state index is 14.3. The van der Waals surface area contributed by atoms with Crippen molar-refractivity contribution in [3.05, 3.63) is 102 Å². The third-order valence-corrected chi connectivity index (χ3v) is 13.1. The van der Waals surface area contributed by atoms with E-state index >= 15 is 0 Å². The molecule has 232 valence electrons. The summed E-state index contributed by atoms with van der Waals surface area (Å²) in [4.78, 5) is 26.1. The van der Waals surface area contributed by atoms with Gasteiger partial charge in [0.1, 0.15) is 12.1 Å². The van der Waals surface area contributed by atoms with Crippen LogP contribution in [0.1, 0.15) is 69.4 Å². The zero-order valence-electron chi connectivity index (χ0n) is 27.0. The lowest BCUT2D eigenvalue weighted by Crippen LogP contribution is -2.44. The van der Waals surface area contributed by atoms with Crippen molar-refractivity contribution in [3.8, 4) is 22.4 Å². The Bertz CT molecular complexity index is 1560. The van der Waals surface area contributed by atoms with Crippen LogP contribution in [-0.4, -0.2) is 31.2 Å². The van der Waals surface area contributed by atoms with Crippen molar-refractivity contribution in [3.63, 3.8) is 0 Å². The number of carbonyl (C=O) groups is 2. The van der Waals surface area contributed by atoms with E-state index in [0.29, 0.717) is 30.6 Å². The summed E-state index contributed by atoms with van der Waals surface area (Å²) in [5.74, 6) is -0.551. The van der Waals surface area contributed by atoms with E-state index < -0.39 is 8.32 Å². The third kappa shape index (κ3) is 7.45. The largest absolute Gasteiger partial charge is 0.413 e. The van der Waals surface area contributed by atoms with E-state index in [1.807, 2.05) is 60.7 Å². The number of anilines is 1. The van der Waals surface area contributed by atoms with E-state index in [0.717, 1.165) is 34.4 Å². The number of carbonyl (C=O) groups excluding carboxylic acids is 2. The molecule has 0 spiro atoms. The number of hydrogen-bond acceptors (Lipinski definition) is 3. The second kappa shape index (κ2) is 13.9. The highest BCUT2D eigenvalue weighted by molar-refractivity contribution is 6.74. The predicted octanol–water partition coefficient (Wildman–Crippen LogP) is 9.71. The summed E-state index contributed by atoms with van der Waals surface area (Å²) in [7, 11) is -2.16. The monoisotopic (exact) mass is 612 g/mol. The van der Waals surface area contributed by atoms with Crippen LogP contribution in [0.2, 0.25) is 18.1 Å². The molecule has 0 aliphatic carbocycles. The maximum Gasteiger partial charge on any atom is 0.258 e. The zero-order chi connectivity index (χ0) is 32.1. The van der Waals surface area contributed by atoms with Gasteiger partial charge in [-0.2, -0.15) is 0 Å². The topological polar surface area (TPSA) is 60.3 Å². The van der Waals surface area contributed by atoms with Gasteiger partial charge in [-0.1, -0.05) is 83.1 Å². The molecule has 0 radical (unpaired) electrons. The van der Waals surface area contributed by atoms with E-state index in [1.165, 1.54) is 12.1 Å². The first-order valence-corrected chi connectivity index (χ1v) is 18.3. The Balaban J connectivity index is 1.94. The quantitative estimate of drug-likeness (QED) is 0.128. The Morgan fingerprint density at radius 2 is 1.52 bits per heavy atom. The highest BCUT2D eigenvalue weighted by Crippen LogP contribution is 2.43. The van der Waals surface area contributed by atoms with Gasteiger partial charge >= 0.3 is 0 Å². The summed E-state index contributed by atoms with van der Waals surface area (Å²) >= 11 is 0. The number of para-hydroxylation sites is 1. The van der Waals surface area contributed by atoms with Gasteiger partial charge in [0.2, 0.25) is 0 Å².